The van der Waals surface area contributed by atoms with Crippen LogP contribution in [0.5, 0.6) is 0 Å². The number of rotatable bonds is 3. The number of hydrogen-bond acceptors (Lipinski definition) is 6. The summed E-state index contributed by atoms with van der Waals surface area (Å²) in [5, 5.41) is 4.03. The zero-order valence-electron chi connectivity index (χ0n) is 13.3. The van der Waals surface area contributed by atoms with Crippen LogP contribution in [0.25, 0.3) is 0 Å². The minimum Gasteiger partial charge on any atom is -0.339 e. The van der Waals surface area contributed by atoms with Crippen molar-refractivity contribution < 1.29 is 9.32 Å². The van der Waals surface area contributed by atoms with Gasteiger partial charge in [-0.05, 0) is 6.92 Å². The number of carbonyl (C=O) groups excluding carboxylic acids is 1. The second-order valence-electron chi connectivity index (χ2n) is 6.66. The molecule has 0 aromatic carbocycles. The molecule has 21 heavy (non-hydrogen) atoms. The predicted octanol–water partition coefficient (Wildman–Crippen LogP) is 0.359. The molecule has 0 bridgehead atoms. The average molecular weight is 295 g/mol. The van der Waals surface area contributed by atoms with Crippen LogP contribution in [-0.2, 0) is 16.8 Å². The van der Waals surface area contributed by atoms with Crippen molar-refractivity contribution in [2.75, 3.05) is 26.2 Å². The lowest BCUT2D eigenvalue weighted by molar-refractivity contribution is -0.134. The van der Waals surface area contributed by atoms with Gasteiger partial charge in [0.2, 0.25) is 11.8 Å². The van der Waals surface area contributed by atoms with E-state index in [1.165, 1.54) is 0 Å². The van der Waals surface area contributed by atoms with Crippen LogP contribution in [0.15, 0.2) is 4.52 Å². The number of amides is 1. The molecule has 0 unspecified atom stereocenters. The first kappa shape index (κ1) is 15.9. The summed E-state index contributed by atoms with van der Waals surface area (Å²) in [5.74, 6) is 1.37. The minimum absolute atomic E-state index is 0.0178. The maximum Gasteiger partial charge on any atom is 0.239 e. The molecule has 1 saturated heterocycles. The summed E-state index contributed by atoms with van der Waals surface area (Å²) in [5.41, 5.74) is 5.50. The molecule has 1 aliphatic rings. The van der Waals surface area contributed by atoms with Crippen LogP contribution < -0.4 is 5.73 Å². The van der Waals surface area contributed by atoms with E-state index >= 15 is 0 Å². The Labute approximate surface area is 125 Å². The Balaban J connectivity index is 1.86. The molecule has 0 radical (unpaired) electrons. The molecule has 1 amide bonds. The fourth-order valence-corrected chi connectivity index (χ4v) is 2.24. The van der Waals surface area contributed by atoms with Crippen LogP contribution in [0, 0.1) is 0 Å². The fourth-order valence-electron chi connectivity index (χ4n) is 2.24. The van der Waals surface area contributed by atoms with Crippen molar-refractivity contribution in [2.24, 2.45) is 5.73 Å². The predicted molar refractivity (Wildman–Crippen MR) is 78.5 cm³/mol. The monoisotopic (exact) mass is 295 g/mol. The van der Waals surface area contributed by atoms with Crippen molar-refractivity contribution in [3.63, 3.8) is 0 Å². The van der Waals surface area contributed by atoms with E-state index in [9.17, 15) is 4.79 Å². The number of nitrogens with two attached hydrogens (primary N) is 1. The molecule has 118 valence electrons. The SMILES string of the molecule is C[C@@H](N)C(=O)N1CCN(Cc2noc(C(C)(C)C)n2)CC1. The van der Waals surface area contributed by atoms with E-state index in [4.69, 9.17) is 10.3 Å². The van der Waals surface area contributed by atoms with Gasteiger partial charge in [-0.1, -0.05) is 25.9 Å². The van der Waals surface area contributed by atoms with Gasteiger partial charge in [-0.15, -0.1) is 0 Å². The third-order valence-corrected chi connectivity index (χ3v) is 3.55. The molecule has 1 fully saturated rings. The van der Waals surface area contributed by atoms with Gasteiger partial charge in [-0.2, -0.15) is 4.98 Å². The van der Waals surface area contributed by atoms with Gasteiger partial charge in [0.25, 0.3) is 0 Å². The molecule has 1 atom stereocenters. The molecule has 0 aliphatic carbocycles. The first-order chi connectivity index (χ1) is 9.77. The van der Waals surface area contributed by atoms with Crippen molar-refractivity contribution in [3.05, 3.63) is 11.7 Å². The molecule has 7 heteroatoms. The topological polar surface area (TPSA) is 88.5 Å². The first-order valence-electron chi connectivity index (χ1n) is 7.37. The van der Waals surface area contributed by atoms with Crippen molar-refractivity contribution in [1.82, 2.24) is 19.9 Å². The Hall–Kier alpha value is -1.47. The van der Waals surface area contributed by atoms with Crippen molar-refractivity contribution in [2.45, 2.75) is 45.7 Å². The number of piperazine rings is 1. The molecule has 0 saturated carbocycles. The van der Waals surface area contributed by atoms with Gasteiger partial charge in [0.05, 0.1) is 12.6 Å². The van der Waals surface area contributed by atoms with Crippen LogP contribution in [0.3, 0.4) is 0 Å². The second kappa shape index (κ2) is 6.11. The van der Waals surface area contributed by atoms with E-state index in [0.29, 0.717) is 31.3 Å². The molecule has 2 heterocycles. The number of carbonyl (C=O) groups is 1. The summed E-state index contributed by atoms with van der Waals surface area (Å²) in [7, 11) is 0. The van der Waals surface area contributed by atoms with Gasteiger partial charge < -0.3 is 15.2 Å². The molecule has 0 spiro atoms. The van der Waals surface area contributed by atoms with Crippen LogP contribution in [0.4, 0.5) is 0 Å². The third-order valence-electron chi connectivity index (χ3n) is 3.55. The van der Waals surface area contributed by atoms with Gasteiger partial charge in [-0.3, -0.25) is 9.69 Å². The van der Waals surface area contributed by atoms with Crippen LogP contribution in [0.1, 0.15) is 39.4 Å². The summed E-state index contributed by atoms with van der Waals surface area (Å²) >= 11 is 0. The lowest BCUT2D eigenvalue weighted by Crippen LogP contribution is -2.52. The summed E-state index contributed by atoms with van der Waals surface area (Å²) < 4.78 is 5.29. The van der Waals surface area contributed by atoms with Gasteiger partial charge in [0, 0.05) is 31.6 Å². The van der Waals surface area contributed by atoms with E-state index in [1.54, 1.807) is 6.92 Å². The Morgan fingerprint density at radius 1 is 1.33 bits per heavy atom. The third kappa shape index (κ3) is 4.01. The molecule has 2 rings (SSSR count). The van der Waals surface area contributed by atoms with Crippen molar-refractivity contribution >= 4 is 5.91 Å². The van der Waals surface area contributed by atoms with E-state index in [2.05, 4.69) is 15.0 Å². The Bertz CT molecular complexity index is 484. The molecular weight excluding hydrogens is 270 g/mol. The second-order valence-corrected chi connectivity index (χ2v) is 6.66. The van der Waals surface area contributed by atoms with Crippen molar-refractivity contribution in [3.8, 4) is 0 Å². The molecule has 7 nitrogen and oxygen atoms in total. The summed E-state index contributed by atoms with van der Waals surface area (Å²) in [4.78, 5) is 20.3. The van der Waals surface area contributed by atoms with Gasteiger partial charge in [0.15, 0.2) is 5.82 Å². The van der Waals surface area contributed by atoms with Crippen LogP contribution >= 0.6 is 0 Å². The van der Waals surface area contributed by atoms with Crippen LogP contribution in [0.2, 0.25) is 0 Å². The first-order valence-corrected chi connectivity index (χ1v) is 7.37. The normalized spacial score (nSPS) is 18.8. The molecule has 1 aromatic heterocycles. The number of nitrogens with zero attached hydrogens (tertiary/aromatic N) is 4. The standard InChI is InChI=1S/C14H25N5O2/c1-10(15)12(20)19-7-5-18(6-8-19)9-11-16-13(21-17-11)14(2,3)4/h10H,5-9,15H2,1-4H3/t10-/m1/s1. The highest BCUT2D eigenvalue weighted by molar-refractivity contribution is 5.81. The van der Waals surface area contributed by atoms with Crippen LogP contribution in [-0.4, -0.2) is 58.1 Å². The smallest absolute Gasteiger partial charge is 0.239 e. The van der Waals surface area contributed by atoms with Gasteiger partial charge in [-0.25, -0.2) is 0 Å². The molecule has 1 aliphatic heterocycles. The average Bonchev–Trinajstić information content (AvgIpc) is 2.87. The highest BCUT2D eigenvalue weighted by Crippen LogP contribution is 2.20. The number of hydrogen-bond donors (Lipinski definition) is 1. The zero-order chi connectivity index (χ0) is 15.6. The summed E-state index contributed by atoms with van der Waals surface area (Å²) in [6.45, 7) is 11.5. The highest BCUT2D eigenvalue weighted by Gasteiger charge is 2.25. The maximum absolute atomic E-state index is 11.8. The Morgan fingerprint density at radius 3 is 2.43 bits per heavy atom. The Morgan fingerprint density at radius 2 is 1.95 bits per heavy atom. The lowest BCUT2D eigenvalue weighted by Gasteiger charge is -2.34. The lowest BCUT2D eigenvalue weighted by atomic mass is 9.97. The zero-order valence-corrected chi connectivity index (χ0v) is 13.3. The largest absolute Gasteiger partial charge is 0.339 e. The summed E-state index contributed by atoms with van der Waals surface area (Å²) in [6.07, 6.45) is 0. The van der Waals surface area contributed by atoms with Gasteiger partial charge >= 0.3 is 0 Å². The van der Waals surface area contributed by atoms with E-state index in [0.717, 1.165) is 13.1 Å². The number of aromatic nitrogens is 2. The maximum atomic E-state index is 11.8. The van der Waals surface area contributed by atoms with E-state index < -0.39 is 6.04 Å². The Kier molecular flexibility index (Phi) is 4.63. The minimum atomic E-state index is -0.428. The van der Waals surface area contributed by atoms with E-state index in [1.807, 2.05) is 25.7 Å². The van der Waals surface area contributed by atoms with E-state index in [-0.39, 0.29) is 11.3 Å². The molecule has 1 aromatic rings. The highest BCUT2D eigenvalue weighted by atomic mass is 16.5. The van der Waals surface area contributed by atoms with Crippen molar-refractivity contribution in [1.29, 1.82) is 0 Å². The quantitative estimate of drug-likeness (QED) is 0.866. The van der Waals surface area contributed by atoms with Gasteiger partial charge in [0.1, 0.15) is 0 Å². The molecule has 2 N–H and O–H groups in total. The fraction of sp³-hybridized carbons (Fsp3) is 0.786. The molecular formula is C14H25N5O2. The summed E-state index contributed by atoms with van der Waals surface area (Å²) in [6, 6.07) is -0.428.